The molecule has 0 aliphatic rings. The van der Waals surface area contributed by atoms with Gasteiger partial charge in [-0.3, -0.25) is 0 Å². The number of halogens is 5. The van der Waals surface area contributed by atoms with Gasteiger partial charge in [0.1, 0.15) is 0 Å². The first-order valence-corrected chi connectivity index (χ1v) is 13.3. The Morgan fingerprint density at radius 3 is 1.48 bits per heavy atom. The Morgan fingerprint density at radius 2 is 1.00 bits per heavy atom. The zero-order chi connectivity index (χ0) is 21.9. The zero-order valence-corrected chi connectivity index (χ0v) is 18.7. The number of unbranched alkanes of at least 4 members (excludes halogenated alkanes) is 9. The second kappa shape index (κ2) is 13.3. The molecule has 2 nitrogen and oxygen atoms in total. The molecule has 0 heterocycles. The van der Waals surface area contributed by atoms with Crippen LogP contribution in [0.25, 0.3) is 0 Å². The van der Waals surface area contributed by atoms with Crippen molar-refractivity contribution in [3.05, 3.63) is 34.6 Å². The third kappa shape index (κ3) is 9.13. The van der Waals surface area contributed by atoms with E-state index >= 15 is 0 Å². The van der Waals surface area contributed by atoms with Gasteiger partial charge in [0.05, 0.1) is 12.2 Å². The molecule has 0 fully saturated rings. The molecule has 8 heteroatoms. The van der Waals surface area contributed by atoms with Crippen LogP contribution in [-0.4, -0.2) is 15.2 Å². The molecule has 0 saturated carbocycles. The molecule has 0 aliphatic carbocycles. The summed E-state index contributed by atoms with van der Waals surface area (Å²) in [6.45, 7) is 5.29. The van der Waals surface area contributed by atoms with Gasteiger partial charge in [0.25, 0.3) is 0 Å². The van der Waals surface area contributed by atoms with E-state index in [-0.39, 0.29) is 0 Å². The van der Waals surface area contributed by atoms with Gasteiger partial charge in [0, 0.05) is 6.61 Å². The summed E-state index contributed by atoms with van der Waals surface area (Å²) in [5.74, 6) is -9.82. The predicted molar refractivity (Wildman–Crippen MR) is 106 cm³/mol. The van der Waals surface area contributed by atoms with Crippen LogP contribution in [0.3, 0.4) is 0 Å². The van der Waals surface area contributed by atoms with Crippen molar-refractivity contribution in [3.63, 3.8) is 0 Å². The summed E-state index contributed by atoms with van der Waals surface area (Å²) in [4.78, 5) is 0. The van der Waals surface area contributed by atoms with Gasteiger partial charge in [-0.15, -0.1) is 0 Å². The van der Waals surface area contributed by atoms with Gasteiger partial charge in [-0.05, 0) is 19.5 Å². The van der Waals surface area contributed by atoms with Gasteiger partial charge >= 0.3 is 8.56 Å². The predicted octanol–water partition coefficient (Wildman–Crippen LogP) is 7.54. The molecule has 1 aromatic rings. The van der Waals surface area contributed by atoms with Crippen molar-refractivity contribution < 1.29 is 30.8 Å². The number of rotatable bonds is 15. The number of hydrogen-bond donors (Lipinski definition) is 0. The van der Waals surface area contributed by atoms with Crippen molar-refractivity contribution in [2.24, 2.45) is 0 Å². The lowest BCUT2D eigenvalue weighted by Crippen LogP contribution is -2.35. The van der Waals surface area contributed by atoms with E-state index in [2.05, 4.69) is 6.92 Å². The van der Waals surface area contributed by atoms with Crippen molar-refractivity contribution >= 4 is 8.56 Å². The standard InChI is InChI=1S/C21H33F5O2Si/c1-4-5-6-7-8-9-10-11-12-13-14-27-29(2,3)28-15-16-17(22)19(24)21(26)20(25)18(16)23/h4-15H2,1-3H3. The van der Waals surface area contributed by atoms with Gasteiger partial charge in [-0.25, -0.2) is 22.0 Å². The highest BCUT2D eigenvalue weighted by Crippen LogP contribution is 2.25. The fourth-order valence-corrected chi connectivity index (χ4v) is 4.18. The van der Waals surface area contributed by atoms with Crippen LogP contribution in [0.4, 0.5) is 22.0 Å². The minimum absolute atomic E-state index is 0.451. The molecule has 168 valence electrons. The van der Waals surface area contributed by atoms with E-state index < -0.39 is 49.8 Å². The Morgan fingerprint density at radius 1 is 0.586 bits per heavy atom. The summed E-state index contributed by atoms with van der Waals surface area (Å²) in [5, 5.41) is 0. The lowest BCUT2D eigenvalue weighted by molar-refractivity contribution is 0.163. The average molecular weight is 441 g/mol. The zero-order valence-electron chi connectivity index (χ0n) is 17.7. The molecule has 0 aromatic heterocycles. The topological polar surface area (TPSA) is 18.5 Å². The highest BCUT2D eigenvalue weighted by Gasteiger charge is 2.29. The molecule has 0 aliphatic heterocycles. The fraction of sp³-hybridized carbons (Fsp3) is 0.714. The van der Waals surface area contributed by atoms with Crippen LogP contribution in [0.2, 0.25) is 13.1 Å². The van der Waals surface area contributed by atoms with Crippen LogP contribution >= 0.6 is 0 Å². The molecule has 0 amide bonds. The van der Waals surface area contributed by atoms with Gasteiger partial charge < -0.3 is 8.85 Å². The molecule has 0 unspecified atom stereocenters. The molecule has 0 bridgehead atoms. The van der Waals surface area contributed by atoms with E-state index in [4.69, 9.17) is 8.85 Å². The fourth-order valence-electron chi connectivity index (χ4n) is 2.97. The van der Waals surface area contributed by atoms with Crippen LogP contribution < -0.4 is 0 Å². The maximum Gasteiger partial charge on any atom is 0.332 e. The second-order valence-electron chi connectivity index (χ2n) is 7.77. The Balaban J connectivity index is 2.27. The molecular weight excluding hydrogens is 407 g/mol. The Labute approximate surface area is 172 Å². The minimum Gasteiger partial charge on any atom is -0.395 e. The van der Waals surface area contributed by atoms with Crippen LogP contribution in [0, 0.1) is 29.1 Å². The summed E-state index contributed by atoms with van der Waals surface area (Å²) in [6, 6.07) is 0. The Hall–Kier alpha value is -0.993. The van der Waals surface area contributed by atoms with Crippen molar-refractivity contribution in [1.82, 2.24) is 0 Å². The van der Waals surface area contributed by atoms with Crippen LogP contribution in [-0.2, 0) is 15.5 Å². The first-order valence-electron chi connectivity index (χ1n) is 10.5. The summed E-state index contributed by atoms with van der Waals surface area (Å²) in [5.41, 5.74) is -0.968. The lowest BCUT2D eigenvalue weighted by atomic mass is 10.1. The third-order valence-corrected chi connectivity index (χ3v) is 6.55. The van der Waals surface area contributed by atoms with E-state index in [1.165, 1.54) is 44.9 Å². The molecule has 1 aromatic carbocycles. The number of hydrogen-bond acceptors (Lipinski definition) is 2. The molecule has 29 heavy (non-hydrogen) atoms. The molecule has 0 atom stereocenters. The highest BCUT2D eigenvalue weighted by atomic mass is 28.4. The van der Waals surface area contributed by atoms with E-state index in [9.17, 15) is 22.0 Å². The molecule has 0 N–H and O–H groups in total. The highest BCUT2D eigenvalue weighted by molar-refractivity contribution is 6.64. The third-order valence-electron chi connectivity index (χ3n) is 4.81. The van der Waals surface area contributed by atoms with E-state index in [1.807, 2.05) is 0 Å². The molecule has 0 saturated heterocycles. The summed E-state index contributed by atoms with van der Waals surface area (Å²) >= 11 is 0. The van der Waals surface area contributed by atoms with Crippen LogP contribution in [0.1, 0.15) is 76.7 Å². The Kier molecular flexibility index (Phi) is 12.0. The van der Waals surface area contributed by atoms with Gasteiger partial charge in [0.15, 0.2) is 23.3 Å². The van der Waals surface area contributed by atoms with Crippen LogP contribution in [0.15, 0.2) is 0 Å². The Bertz CT molecular complexity index is 597. The quantitative estimate of drug-likeness (QED) is 0.0922. The second-order valence-corrected chi connectivity index (χ2v) is 11.1. The monoisotopic (exact) mass is 440 g/mol. The number of benzene rings is 1. The van der Waals surface area contributed by atoms with Crippen molar-refractivity contribution in [2.75, 3.05) is 6.61 Å². The summed E-state index contributed by atoms with van der Waals surface area (Å²) < 4.78 is 78.0. The van der Waals surface area contributed by atoms with E-state index in [0.29, 0.717) is 6.61 Å². The summed E-state index contributed by atoms with van der Waals surface area (Å²) in [7, 11) is -2.75. The van der Waals surface area contributed by atoms with Gasteiger partial charge in [-0.2, -0.15) is 0 Å². The molecule has 1 rings (SSSR count). The molecule has 0 radical (unpaired) electrons. The normalized spacial score (nSPS) is 12.0. The van der Waals surface area contributed by atoms with E-state index in [1.54, 1.807) is 13.1 Å². The molecule has 0 spiro atoms. The van der Waals surface area contributed by atoms with Crippen molar-refractivity contribution in [2.45, 2.75) is 90.8 Å². The minimum atomic E-state index is -2.75. The SMILES string of the molecule is CCCCCCCCCCCCO[Si](C)(C)OCc1c(F)c(F)c(F)c(F)c1F. The van der Waals surface area contributed by atoms with Gasteiger partial charge in [-0.1, -0.05) is 64.7 Å². The van der Waals surface area contributed by atoms with E-state index in [0.717, 1.165) is 19.3 Å². The van der Waals surface area contributed by atoms with Crippen LogP contribution in [0.5, 0.6) is 0 Å². The average Bonchev–Trinajstić information content (AvgIpc) is 2.69. The van der Waals surface area contributed by atoms with Gasteiger partial charge in [0.2, 0.25) is 5.82 Å². The first kappa shape index (κ1) is 26.0. The molecular formula is C21H33F5O2Si. The summed E-state index contributed by atoms with van der Waals surface area (Å²) in [6.07, 6.45) is 11.9. The van der Waals surface area contributed by atoms with Crippen molar-refractivity contribution in [1.29, 1.82) is 0 Å². The lowest BCUT2D eigenvalue weighted by Gasteiger charge is -2.23. The largest absolute Gasteiger partial charge is 0.395 e. The maximum absolute atomic E-state index is 13.7. The smallest absolute Gasteiger partial charge is 0.332 e. The van der Waals surface area contributed by atoms with Crippen molar-refractivity contribution in [3.8, 4) is 0 Å². The first-order chi connectivity index (χ1) is 13.7. The maximum atomic E-state index is 13.7.